The van der Waals surface area contributed by atoms with Crippen molar-refractivity contribution in [3.05, 3.63) is 41.5 Å². The monoisotopic (exact) mass is 261 g/mol. The van der Waals surface area contributed by atoms with Crippen molar-refractivity contribution in [2.24, 2.45) is 0 Å². The zero-order valence-corrected chi connectivity index (χ0v) is 10.0. The summed E-state index contributed by atoms with van der Waals surface area (Å²) in [4.78, 5) is 15.6. The highest BCUT2D eigenvalue weighted by atomic mass is 32.2. The van der Waals surface area contributed by atoms with Gasteiger partial charge in [0.05, 0.1) is 5.75 Å². The summed E-state index contributed by atoms with van der Waals surface area (Å²) in [5.41, 5.74) is 0.852. The van der Waals surface area contributed by atoms with Gasteiger partial charge in [-0.15, -0.1) is 5.10 Å². The molecule has 3 rings (SSSR count). The minimum Gasteiger partial charge on any atom is -0.271 e. The zero-order chi connectivity index (χ0) is 12.5. The number of benzene rings is 1. The Bertz CT molecular complexity index is 633. The molecule has 1 aromatic heterocycles. The maximum atomic E-state index is 12.7. The Hall–Kier alpha value is -1.95. The van der Waals surface area contributed by atoms with Crippen LogP contribution >= 0.6 is 11.8 Å². The van der Waals surface area contributed by atoms with Crippen molar-refractivity contribution < 1.29 is 9.18 Å². The first-order valence-electron chi connectivity index (χ1n) is 5.29. The summed E-state index contributed by atoms with van der Waals surface area (Å²) in [7, 11) is 0. The molecule has 0 unspecified atom stereocenters. The summed E-state index contributed by atoms with van der Waals surface area (Å²) >= 11 is 1.38. The van der Waals surface area contributed by atoms with E-state index in [0.29, 0.717) is 16.7 Å². The molecule has 90 valence electrons. The number of carbonyl (C=O) groups is 1. The van der Waals surface area contributed by atoms with Crippen LogP contribution in [0.4, 0.5) is 4.39 Å². The highest BCUT2D eigenvalue weighted by Crippen LogP contribution is 2.23. The first-order chi connectivity index (χ1) is 8.72. The maximum absolute atomic E-state index is 12.7. The third-order valence-corrected chi connectivity index (χ3v) is 3.36. The average molecular weight is 261 g/mol. The number of rotatable bonds is 2. The van der Waals surface area contributed by atoms with E-state index in [1.165, 1.54) is 28.6 Å². The van der Waals surface area contributed by atoms with E-state index in [4.69, 9.17) is 0 Å². The molecule has 1 aliphatic rings. The first kappa shape index (κ1) is 11.2. The molecule has 1 aliphatic heterocycles. The van der Waals surface area contributed by atoms with Crippen LogP contribution in [0, 0.1) is 5.82 Å². The number of carbonyl (C=O) groups excluding carboxylic acids is 1. The Morgan fingerprint density at radius 2 is 2.06 bits per heavy atom. The summed E-state index contributed by atoms with van der Waals surface area (Å²) < 4.78 is 14.0. The van der Waals surface area contributed by atoms with Crippen molar-refractivity contribution >= 4 is 29.8 Å². The lowest BCUT2D eigenvalue weighted by Gasteiger charge is -1.91. The number of hydrogen-bond acceptors (Lipinski definition) is 4. The van der Waals surface area contributed by atoms with Gasteiger partial charge in [-0.1, -0.05) is 30.0 Å². The van der Waals surface area contributed by atoms with Gasteiger partial charge in [-0.25, -0.2) is 9.37 Å². The van der Waals surface area contributed by atoms with Gasteiger partial charge in [0.15, 0.2) is 11.0 Å². The van der Waals surface area contributed by atoms with E-state index in [-0.39, 0.29) is 11.7 Å². The molecule has 0 spiro atoms. The molecule has 0 saturated carbocycles. The molecule has 0 saturated heterocycles. The summed E-state index contributed by atoms with van der Waals surface area (Å²) in [5, 5.41) is 4.70. The van der Waals surface area contributed by atoms with Crippen LogP contribution in [0.2, 0.25) is 0 Å². The molecule has 0 aliphatic carbocycles. The normalized spacial score (nSPS) is 14.4. The SMILES string of the molecule is O=C1CSc2nc(/C=C/c3ccc(F)cc3)nn21. The summed E-state index contributed by atoms with van der Waals surface area (Å²) in [5.74, 6) is 0.559. The van der Waals surface area contributed by atoms with Gasteiger partial charge in [0.1, 0.15) is 5.82 Å². The molecule has 0 N–H and O–H groups in total. The number of halogens is 1. The van der Waals surface area contributed by atoms with Crippen molar-refractivity contribution in [1.29, 1.82) is 0 Å². The van der Waals surface area contributed by atoms with Crippen molar-refractivity contribution in [3.63, 3.8) is 0 Å². The van der Waals surface area contributed by atoms with E-state index in [0.717, 1.165) is 5.56 Å². The summed E-state index contributed by atoms with van der Waals surface area (Å²) in [6.07, 6.45) is 3.48. The number of aromatic nitrogens is 3. The highest BCUT2D eigenvalue weighted by molar-refractivity contribution is 8.00. The molecule has 18 heavy (non-hydrogen) atoms. The van der Waals surface area contributed by atoms with Crippen LogP contribution in [-0.2, 0) is 0 Å². The Labute approximate surface area is 107 Å². The standard InChI is InChI=1S/C12H8FN3OS/c13-9-4-1-8(2-5-9)3-6-10-14-12-16(15-10)11(17)7-18-12/h1-6H,7H2/b6-3+. The fourth-order valence-corrected chi connectivity index (χ4v) is 2.37. The fourth-order valence-electron chi connectivity index (χ4n) is 1.57. The largest absolute Gasteiger partial charge is 0.271 e. The summed E-state index contributed by atoms with van der Waals surface area (Å²) in [6, 6.07) is 6.10. The van der Waals surface area contributed by atoms with E-state index in [1.807, 2.05) is 0 Å². The number of fused-ring (bicyclic) bond motifs is 1. The van der Waals surface area contributed by atoms with E-state index in [9.17, 15) is 9.18 Å². The molecule has 0 bridgehead atoms. The van der Waals surface area contributed by atoms with Crippen molar-refractivity contribution in [1.82, 2.24) is 14.8 Å². The zero-order valence-electron chi connectivity index (χ0n) is 9.21. The molecular weight excluding hydrogens is 253 g/mol. The van der Waals surface area contributed by atoms with Crippen LogP contribution in [0.25, 0.3) is 12.2 Å². The molecular formula is C12H8FN3OS. The molecule has 1 aromatic carbocycles. The third kappa shape index (κ3) is 2.06. The van der Waals surface area contributed by atoms with Gasteiger partial charge in [-0.3, -0.25) is 4.79 Å². The van der Waals surface area contributed by atoms with E-state index in [2.05, 4.69) is 10.1 Å². The third-order valence-electron chi connectivity index (χ3n) is 2.45. The van der Waals surface area contributed by atoms with Crippen molar-refractivity contribution in [2.75, 3.05) is 5.75 Å². The Morgan fingerprint density at radius 3 is 2.78 bits per heavy atom. The number of nitrogens with zero attached hydrogens (tertiary/aromatic N) is 3. The number of thioether (sulfide) groups is 1. The van der Waals surface area contributed by atoms with Gasteiger partial charge in [-0.05, 0) is 23.8 Å². The smallest absolute Gasteiger partial charge is 0.259 e. The molecule has 4 nitrogen and oxygen atoms in total. The second kappa shape index (κ2) is 4.38. The van der Waals surface area contributed by atoms with Gasteiger partial charge in [0.2, 0.25) is 0 Å². The van der Waals surface area contributed by atoms with Gasteiger partial charge < -0.3 is 0 Å². The lowest BCUT2D eigenvalue weighted by molar-refractivity contribution is 0.0923. The van der Waals surface area contributed by atoms with Crippen LogP contribution in [0.5, 0.6) is 0 Å². The minimum absolute atomic E-state index is 0.0519. The van der Waals surface area contributed by atoms with Gasteiger partial charge in [-0.2, -0.15) is 4.68 Å². The molecule has 0 amide bonds. The van der Waals surface area contributed by atoms with Gasteiger partial charge in [0, 0.05) is 0 Å². The molecule has 6 heteroatoms. The lowest BCUT2D eigenvalue weighted by atomic mass is 10.2. The lowest BCUT2D eigenvalue weighted by Crippen LogP contribution is -2.08. The fraction of sp³-hybridized carbons (Fsp3) is 0.0833. The maximum Gasteiger partial charge on any atom is 0.259 e. The van der Waals surface area contributed by atoms with E-state index < -0.39 is 0 Å². The first-order valence-corrected chi connectivity index (χ1v) is 6.28. The van der Waals surface area contributed by atoms with Gasteiger partial charge >= 0.3 is 0 Å². The quantitative estimate of drug-likeness (QED) is 0.832. The molecule has 0 fully saturated rings. The number of hydrogen-bond donors (Lipinski definition) is 0. The molecule has 2 aromatic rings. The van der Waals surface area contributed by atoms with Crippen LogP contribution in [0.3, 0.4) is 0 Å². The average Bonchev–Trinajstić information content (AvgIpc) is 2.91. The predicted molar refractivity (Wildman–Crippen MR) is 66.7 cm³/mol. The Kier molecular flexibility index (Phi) is 2.71. The predicted octanol–water partition coefficient (Wildman–Crippen LogP) is 2.33. The van der Waals surface area contributed by atoms with Crippen LogP contribution in [0.1, 0.15) is 16.2 Å². The van der Waals surface area contributed by atoms with Crippen LogP contribution in [-0.4, -0.2) is 26.4 Å². The molecule has 2 heterocycles. The topological polar surface area (TPSA) is 47.8 Å². The second-order valence-electron chi connectivity index (χ2n) is 3.73. The minimum atomic E-state index is -0.270. The van der Waals surface area contributed by atoms with Crippen LogP contribution in [0.15, 0.2) is 29.4 Å². The summed E-state index contributed by atoms with van der Waals surface area (Å²) in [6.45, 7) is 0. The second-order valence-corrected chi connectivity index (χ2v) is 4.67. The van der Waals surface area contributed by atoms with Crippen molar-refractivity contribution in [3.8, 4) is 0 Å². The highest BCUT2D eigenvalue weighted by Gasteiger charge is 2.22. The molecule has 0 atom stereocenters. The van der Waals surface area contributed by atoms with Crippen LogP contribution < -0.4 is 0 Å². The van der Waals surface area contributed by atoms with Crippen molar-refractivity contribution in [2.45, 2.75) is 5.16 Å². The Morgan fingerprint density at radius 1 is 1.28 bits per heavy atom. The Balaban J connectivity index is 1.82. The van der Waals surface area contributed by atoms with Gasteiger partial charge in [0.25, 0.3) is 5.91 Å². The van der Waals surface area contributed by atoms with E-state index in [1.54, 1.807) is 24.3 Å². The van der Waals surface area contributed by atoms with E-state index >= 15 is 0 Å². The molecule has 0 radical (unpaired) electrons.